The first kappa shape index (κ1) is 25.3. The number of nitrogens with two attached hydrogens (primary N) is 1. The summed E-state index contributed by atoms with van der Waals surface area (Å²) in [5.41, 5.74) is 7.03. The van der Waals surface area contributed by atoms with Crippen LogP contribution in [-0.4, -0.2) is 61.9 Å². The molecule has 0 aromatic heterocycles. The minimum Gasteiger partial charge on any atom is -0.352 e. The molecule has 3 amide bonds. The van der Waals surface area contributed by atoms with Gasteiger partial charge in [0.2, 0.25) is 10.0 Å². The second-order valence-electron chi connectivity index (χ2n) is 7.49. The lowest BCUT2D eigenvalue weighted by Gasteiger charge is -2.41. The summed E-state index contributed by atoms with van der Waals surface area (Å²) in [5.74, 6) is -0.650. The van der Waals surface area contributed by atoms with Gasteiger partial charge in [-0.1, -0.05) is 40.9 Å². The van der Waals surface area contributed by atoms with Crippen molar-refractivity contribution in [1.29, 1.82) is 0 Å². The molecular formula is C21H25Cl2N5O4S. The molecule has 0 spiro atoms. The topological polar surface area (TPSA) is 125 Å². The Morgan fingerprint density at radius 3 is 2.42 bits per heavy atom. The molecule has 1 unspecified atom stereocenters. The molecule has 33 heavy (non-hydrogen) atoms. The summed E-state index contributed by atoms with van der Waals surface area (Å²) < 4.78 is 27.9. The number of urea groups is 1. The van der Waals surface area contributed by atoms with Crippen LogP contribution in [0.1, 0.15) is 12.0 Å². The van der Waals surface area contributed by atoms with Gasteiger partial charge in [0, 0.05) is 31.9 Å². The zero-order valence-electron chi connectivity index (χ0n) is 17.9. The van der Waals surface area contributed by atoms with Crippen LogP contribution in [0.5, 0.6) is 0 Å². The highest BCUT2D eigenvalue weighted by Crippen LogP contribution is 2.29. The third kappa shape index (κ3) is 5.77. The molecule has 4 N–H and O–H groups in total. The molecule has 1 saturated heterocycles. The molecule has 12 heteroatoms. The standard InChI is InChI=1S/C21H25Cl2N5O4S/c1-14-3-5-15(6-4-14)26-21(30)27-11-2-12-28(20(27)19(29)25-10-9-24)33(31,32)16-7-8-17(22)18(23)13-16/h3-8,13,20H,2,9-12,24H2,1H3,(H,25,29)(H,26,30). The van der Waals surface area contributed by atoms with E-state index in [0.717, 1.165) is 9.87 Å². The van der Waals surface area contributed by atoms with Crippen LogP contribution in [0, 0.1) is 6.92 Å². The maximum Gasteiger partial charge on any atom is 0.323 e. The maximum atomic E-state index is 13.5. The summed E-state index contributed by atoms with van der Waals surface area (Å²) in [7, 11) is -4.19. The maximum absolute atomic E-state index is 13.5. The Morgan fingerprint density at radius 2 is 1.79 bits per heavy atom. The van der Waals surface area contributed by atoms with Crippen molar-refractivity contribution in [3.05, 3.63) is 58.1 Å². The predicted octanol–water partition coefficient (Wildman–Crippen LogP) is 2.63. The second kappa shape index (κ2) is 10.7. The van der Waals surface area contributed by atoms with Crippen LogP contribution in [0.25, 0.3) is 0 Å². The lowest BCUT2D eigenvalue weighted by atomic mass is 10.2. The molecule has 1 atom stereocenters. The number of hydrogen-bond acceptors (Lipinski definition) is 5. The van der Waals surface area contributed by atoms with Crippen molar-refractivity contribution in [3.63, 3.8) is 0 Å². The first-order chi connectivity index (χ1) is 15.6. The number of anilines is 1. The Hall–Kier alpha value is -2.37. The van der Waals surface area contributed by atoms with Gasteiger partial charge in [0.25, 0.3) is 5.91 Å². The largest absolute Gasteiger partial charge is 0.352 e. The number of sulfonamides is 1. The Balaban J connectivity index is 1.96. The molecule has 1 aliphatic rings. The average molecular weight is 514 g/mol. The molecule has 2 aromatic rings. The number of aryl methyl sites for hydroxylation is 1. The van der Waals surface area contributed by atoms with Gasteiger partial charge in [0.1, 0.15) is 0 Å². The summed E-state index contributed by atoms with van der Waals surface area (Å²) in [5, 5.41) is 5.59. The van der Waals surface area contributed by atoms with Gasteiger partial charge >= 0.3 is 6.03 Å². The van der Waals surface area contributed by atoms with E-state index in [4.69, 9.17) is 28.9 Å². The van der Waals surface area contributed by atoms with Crippen molar-refractivity contribution in [1.82, 2.24) is 14.5 Å². The fourth-order valence-electron chi connectivity index (χ4n) is 3.43. The van der Waals surface area contributed by atoms with Gasteiger partial charge < -0.3 is 16.4 Å². The number of amides is 3. The van der Waals surface area contributed by atoms with Gasteiger partial charge in [-0.3, -0.25) is 9.69 Å². The zero-order chi connectivity index (χ0) is 24.2. The fraction of sp³-hybridized carbons (Fsp3) is 0.333. The van der Waals surface area contributed by atoms with Crippen LogP contribution in [-0.2, 0) is 14.8 Å². The number of carbonyl (C=O) groups is 2. The molecule has 2 aromatic carbocycles. The van der Waals surface area contributed by atoms with Gasteiger partial charge in [-0.2, -0.15) is 4.31 Å². The zero-order valence-corrected chi connectivity index (χ0v) is 20.3. The normalized spacial score (nSPS) is 17.0. The van der Waals surface area contributed by atoms with Crippen molar-refractivity contribution < 1.29 is 18.0 Å². The smallest absolute Gasteiger partial charge is 0.323 e. The highest BCUT2D eigenvalue weighted by atomic mass is 35.5. The van der Waals surface area contributed by atoms with E-state index in [1.54, 1.807) is 12.1 Å². The Bertz CT molecular complexity index is 1130. The number of carbonyl (C=O) groups excluding carboxylic acids is 2. The lowest BCUT2D eigenvalue weighted by molar-refractivity contribution is -0.130. The molecule has 0 bridgehead atoms. The first-order valence-electron chi connectivity index (χ1n) is 10.2. The van der Waals surface area contributed by atoms with E-state index in [1.807, 2.05) is 19.1 Å². The van der Waals surface area contributed by atoms with E-state index >= 15 is 0 Å². The number of benzene rings is 2. The fourth-order valence-corrected chi connectivity index (χ4v) is 5.41. The van der Waals surface area contributed by atoms with E-state index in [2.05, 4.69) is 10.6 Å². The second-order valence-corrected chi connectivity index (χ2v) is 10.2. The number of rotatable bonds is 6. The molecule has 3 rings (SSSR count). The summed E-state index contributed by atoms with van der Waals surface area (Å²) in [6.07, 6.45) is -1.07. The van der Waals surface area contributed by atoms with E-state index in [-0.39, 0.29) is 41.1 Å². The van der Waals surface area contributed by atoms with Gasteiger partial charge in [-0.25, -0.2) is 13.2 Å². The number of nitrogens with one attached hydrogen (secondary N) is 2. The highest BCUT2D eigenvalue weighted by molar-refractivity contribution is 7.89. The van der Waals surface area contributed by atoms with Crippen LogP contribution in [0.15, 0.2) is 47.4 Å². The Kier molecular flexibility index (Phi) is 8.19. The van der Waals surface area contributed by atoms with Crippen molar-refractivity contribution >= 4 is 50.9 Å². The molecule has 1 fully saturated rings. The summed E-state index contributed by atoms with van der Waals surface area (Å²) in [6, 6.07) is 10.4. The molecule has 0 radical (unpaired) electrons. The molecule has 178 valence electrons. The van der Waals surface area contributed by atoms with E-state index < -0.39 is 28.1 Å². The molecule has 0 saturated carbocycles. The van der Waals surface area contributed by atoms with E-state index in [0.29, 0.717) is 12.1 Å². The summed E-state index contributed by atoms with van der Waals surface area (Å²) in [4.78, 5) is 27.2. The molecule has 1 aliphatic heterocycles. The minimum atomic E-state index is -4.19. The Morgan fingerprint density at radius 1 is 1.09 bits per heavy atom. The van der Waals surface area contributed by atoms with Crippen molar-refractivity contribution in [2.24, 2.45) is 5.73 Å². The highest BCUT2D eigenvalue weighted by Gasteiger charge is 2.44. The van der Waals surface area contributed by atoms with Crippen molar-refractivity contribution in [3.8, 4) is 0 Å². The van der Waals surface area contributed by atoms with E-state index in [9.17, 15) is 18.0 Å². The third-order valence-electron chi connectivity index (χ3n) is 5.08. The summed E-state index contributed by atoms with van der Waals surface area (Å²) in [6.45, 7) is 2.43. The minimum absolute atomic E-state index is 0.0393. The SMILES string of the molecule is Cc1ccc(NC(=O)N2CCCN(S(=O)(=O)c3ccc(Cl)c(Cl)c3)C2C(=O)NCCN)cc1. The van der Waals surface area contributed by atoms with Gasteiger partial charge in [-0.05, 0) is 43.7 Å². The van der Waals surface area contributed by atoms with Crippen LogP contribution in [0.4, 0.5) is 10.5 Å². The predicted molar refractivity (Wildman–Crippen MR) is 128 cm³/mol. The molecule has 9 nitrogen and oxygen atoms in total. The monoisotopic (exact) mass is 513 g/mol. The quantitative estimate of drug-likeness (QED) is 0.547. The average Bonchev–Trinajstić information content (AvgIpc) is 2.80. The van der Waals surface area contributed by atoms with Crippen LogP contribution in [0.3, 0.4) is 0 Å². The van der Waals surface area contributed by atoms with Crippen molar-refractivity contribution in [2.75, 3.05) is 31.5 Å². The lowest BCUT2D eigenvalue weighted by Crippen LogP contribution is -2.64. The number of nitrogens with zero attached hydrogens (tertiary/aromatic N) is 2. The van der Waals surface area contributed by atoms with E-state index in [1.165, 1.54) is 23.1 Å². The number of hydrogen-bond donors (Lipinski definition) is 3. The molecular weight excluding hydrogens is 489 g/mol. The molecule has 0 aliphatic carbocycles. The Labute approximate surface area is 202 Å². The molecule has 1 heterocycles. The van der Waals surface area contributed by atoms with Crippen molar-refractivity contribution in [2.45, 2.75) is 24.4 Å². The number of halogens is 2. The van der Waals surface area contributed by atoms with Crippen LogP contribution >= 0.6 is 23.2 Å². The van der Waals surface area contributed by atoms with Crippen LogP contribution < -0.4 is 16.4 Å². The third-order valence-corrected chi connectivity index (χ3v) is 7.67. The van der Waals surface area contributed by atoms with Gasteiger partial charge in [-0.15, -0.1) is 0 Å². The van der Waals surface area contributed by atoms with Crippen LogP contribution in [0.2, 0.25) is 10.0 Å². The first-order valence-corrected chi connectivity index (χ1v) is 12.4. The summed E-state index contributed by atoms with van der Waals surface area (Å²) >= 11 is 12.0. The van der Waals surface area contributed by atoms with Gasteiger partial charge in [0.15, 0.2) is 6.17 Å². The van der Waals surface area contributed by atoms with Gasteiger partial charge in [0.05, 0.1) is 14.9 Å².